The molecule has 1 heterocycles. The molecule has 0 unspecified atom stereocenters. The molecular formula is C7H9N2Sn. The summed E-state index contributed by atoms with van der Waals surface area (Å²) >= 11 is 1.40. The van der Waals surface area contributed by atoms with Crippen molar-refractivity contribution in [3.8, 4) is 0 Å². The minimum atomic E-state index is 0.876. The Morgan fingerprint density at radius 1 is 1.00 bits per heavy atom. The fraction of sp³-hybridized carbons (Fsp3) is 0.429. The van der Waals surface area contributed by atoms with Crippen molar-refractivity contribution in [1.29, 1.82) is 0 Å². The van der Waals surface area contributed by atoms with Crippen molar-refractivity contribution < 1.29 is 0 Å². The van der Waals surface area contributed by atoms with Crippen molar-refractivity contribution in [2.24, 2.45) is 0 Å². The Labute approximate surface area is 74.2 Å². The molecule has 3 radical (unpaired) electrons. The molecule has 10 heavy (non-hydrogen) atoms. The maximum absolute atomic E-state index is 4.25. The predicted molar refractivity (Wildman–Crippen MR) is 41.6 cm³/mol. The van der Waals surface area contributed by atoms with E-state index in [-0.39, 0.29) is 0 Å². The number of aromatic nitrogens is 2. The van der Waals surface area contributed by atoms with Gasteiger partial charge in [-0.25, -0.2) is 0 Å². The molecule has 0 N–H and O–H groups in total. The van der Waals surface area contributed by atoms with Crippen LogP contribution in [0, 0.1) is 20.8 Å². The Hall–Kier alpha value is -0.121. The van der Waals surface area contributed by atoms with Crippen LogP contribution < -0.4 is 3.58 Å². The van der Waals surface area contributed by atoms with Crippen LogP contribution in [0.4, 0.5) is 0 Å². The van der Waals surface area contributed by atoms with Crippen molar-refractivity contribution in [2.45, 2.75) is 20.8 Å². The van der Waals surface area contributed by atoms with Crippen molar-refractivity contribution >= 4 is 26.1 Å². The van der Waals surface area contributed by atoms with Gasteiger partial charge in [-0.15, -0.1) is 0 Å². The average Bonchev–Trinajstić information content (AvgIpc) is 1.82. The van der Waals surface area contributed by atoms with Gasteiger partial charge in [0.25, 0.3) is 0 Å². The third-order valence-corrected chi connectivity index (χ3v) is 3.45. The van der Waals surface area contributed by atoms with Crippen molar-refractivity contribution in [1.82, 2.24) is 9.97 Å². The average molecular weight is 240 g/mol. The number of hydrogen-bond acceptors (Lipinski definition) is 2. The van der Waals surface area contributed by atoms with Gasteiger partial charge < -0.3 is 0 Å². The SMILES string of the molecule is Cc1nc(C)[c]([Sn])c(C)n1. The topological polar surface area (TPSA) is 25.8 Å². The molecule has 0 bridgehead atoms. The van der Waals surface area contributed by atoms with E-state index in [1.807, 2.05) is 20.8 Å². The van der Waals surface area contributed by atoms with Gasteiger partial charge in [0.1, 0.15) is 0 Å². The zero-order valence-corrected chi connectivity index (χ0v) is 9.25. The van der Waals surface area contributed by atoms with Crippen molar-refractivity contribution in [2.75, 3.05) is 0 Å². The summed E-state index contributed by atoms with van der Waals surface area (Å²) in [5, 5.41) is 0. The summed E-state index contributed by atoms with van der Waals surface area (Å²) in [4.78, 5) is 8.49. The first kappa shape index (κ1) is 7.98. The first-order chi connectivity index (χ1) is 4.61. The van der Waals surface area contributed by atoms with Crippen LogP contribution in [0.5, 0.6) is 0 Å². The van der Waals surface area contributed by atoms with Crippen LogP contribution >= 0.6 is 0 Å². The Morgan fingerprint density at radius 3 is 1.80 bits per heavy atom. The van der Waals surface area contributed by atoms with Gasteiger partial charge in [0.15, 0.2) is 0 Å². The molecule has 3 heteroatoms. The summed E-state index contributed by atoms with van der Waals surface area (Å²) in [6, 6.07) is 0. The molecule has 0 saturated carbocycles. The molecular weight excluding hydrogens is 231 g/mol. The molecule has 2 nitrogen and oxygen atoms in total. The third kappa shape index (κ3) is 1.48. The van der Waals surface area contributed by atoms with E-state index in [4.69, 9.17) is 0 Å². The van der Waals surface area contributed by atoms with Gasteiger partial charge in [-0.05, 0) is 0 Å². The molecule has 0 aliphatic rings. The normalized spacial score (nSPS) is 10.0. The van der Waals surface area contributed by atoms with Crippen LogP contribution in [0.2, 0.25) is 0 Å². The Morgan fingerprint density at radius 2 is 1.40 bits per heavy atom. The maximum atomic E-state index is 4.25. The van der Waals surface area contributed by atoms with Crippen LogP contribution in [0.1, 0.15) is 17.2 Å². The molecule has 0 spiro atoms. The second-order valence-corrected chi connectivity index (χ2v) is 3.74. The first-order valence-corrected chi connectivity index (χ1v) is 4.57. The van der Waals surface area contributed by atoms with Gasteiger partial charge >= 0.3 is 74.1 Å². The minimum absolute atomic E-state index is 0.876. The Balaban J connectivity index is 3.31. The van der Waals surface area contributed by atoms with E-state index >= 15 is 0 Å². The summed E-state index contributed by atoms with van der Waals surface area (Å²) in [5.41, 5.74) is 2.26. The van der Waals surface area contributed by atoms with Gasteiger partial charge in [0, 0.05) is 0 Å². The summed E-state index contributed by atoms with van der Waals surface area (Å²) < 4.78 is 1.29. The standard InChI is InChI=1S/C7H9N2.Sn/c1-5-4-6(2)9-7(3)8-5;/h1-3H3;. The van der Waals surface area contributed by atoms with Crippen LogP contribution in [0.15, 0.2) is 0 Å². The number of hydrogen-bond donors (Lipinski definition) is 0. The zero-order valence-electron chi connectivity index (χ0n) is 6.39. The monoisotopic (exact) mass is 241 g/mol. The summed E-state index contributed by atoms with van der Waals surface area (Å²) in [6.07, 6.45) is 0. The molecule has 1 rings (SSSR count). The fourth-order valence-electron chi connectivity index (χ4n) is 0.884. The van der Waals surface area contributed by atoms with E-state index in [1.54, 1.807) is 0 Å². The van der Waals surface area contributed by atoms with Gasteiger partial charge in [-0.1, -0.05) is 0 Å². The molecule has 0 fully saturated rings. The van der Waals surface area contributed by atoms with E-state index < -0.39 is 0 Å². The second kappa shape index (κ2) is 2.86. The molecule has 0 atom stereocenters. The molecule has 0 aliphatic heterocycles. The first-order valence-electron chi connectivity index (χ1n) is 3.14. The number of rotatable bonds is 0. The zero-order chi connectivity index (χ0) is 7.72. The van der Waals surface area contributed by atoms with E-state index in [1.165, 1.54) is 26.1 Å². The fourth-order valence-corrected chi connectivity index (χ4v) is 1.20. The van der Waals surface area contributed by atoms with Crippen LogP contribution in [0.25, 0.3) is 0 Å². The van der Waals surface area contributed by atoms with E-state index in [0.29, 0.717) is 0 Å². The number of aryl methyl sites for hydroxylation is 3. The van der Waals surface area contributed by atoms with Crippen LogP contribution in [-0.4, -0.2) is 32.5 Å². The van der Waals surface area contributed by atoms with Gasteiger partial charge in [0.05, 0.1) is 0 Å². The van der Waals surface area contributed by atoms with E-state index in [0.717, 1.165) is 17.2 Å². The quantitative estimate of drug-likeness (QED) is 0.605. The van der Waals surface area contributed by atoms with Gasteiger partial charge in [-0.3, -0.25) is 0 Å². The molecule has 0 aromatic carbocycles. The molecule has 0 aliphatic carbocycles. The number of nitrogens with zero attached hydrogens (tertiary/aromatic N) is 2. The van der Waals surface area contributed by atoms with Crippen LogP contribution in [-0.2, 0) is 0 Å². The molecule has 1 aromatic rings. The predicted octanol–water partition coefficient (Wildman–Crippen LogP) is 0.196. The summed E-state index contributed by atoms with van der Waals surface area (Å²) in [7, 11) is 0. The molecule has 51 valence electrons. The second-order valence-electron chi connectivity index (χ2n) is 2.32. The van der Waals surface area contributed by atoms with Crippen molar-refractivity contribution in [3.05, 3.63) is 17.2 Å². The molecule has 1 aromatic heterocycles. The van der Waals surface area contributed by atoms with E-state index in [9.17, 15) is 0 Å². The molecule has 0 amide bonds. The third-order valence-electron chi connectivity index (χ3n) is 1.38. The molecule has 0 saturated heterocycles. The van der Waals surface area contributed by atoms with Gasteiger partial charge in [-0.2, -0.15) is 0 Å². The Kier molecular flexibility index (Phi) is 2.28. The van der Waals surface area contributed by atoms with Gasteiger partial charge in [0.2, 0.25) is 0 Å². The Bertz CT molecular complexity index is 235. The summed E-state index contributed by atoms with van der Waals surface area (Å²) in [5.74, 6) is 0.876. The van der Waals surface area contributed by atoms with Crippen LogP contribution in [0.3, 0.4) is 0 Å². The van der Waals surface area contributed by atoms with Crippen molar-refractivity contribution in [3.63, 3.8) is 0 Å². The summed E-state index contributed by atoms with van der Waals surface area (Å²) in [6.45, 7) is 5.99. The van der Waals surface area contributed by atoms with E-state index in [2.05, 4.69) is 9.97 Å².